The van der Waals surface area contributed by atoms with Crippen molar-refractivity contribution < 1.29 is 13.2 Å². The van der Waals surface area contributed by atoms with Gasteiger partial charge in [-0.25, -0.2) is 13.4 Å². The van der Waals surface area contributed by atoms with Crippen LogP contribution in [0.25, 0.3) is 0 Å². The number of aromatic nitrogens is 1. The number of rotatable bonds is 6. The SMILES string of the molecule is O=C(Nc1ccc(S(=O)(=O)Nc2nccs2)cc1)C1CC1c1cccs1. The van der Waals surface area contributed by atoms with Crippen molar-refractivity contribution in [1.82, 2.24) is 4.98 Å². The second-order valence-electron chi connectivity index (χ2n) is 5.92. The van der Waals surface area contributed by atoms with Gasteiger partial charge in [0.25, 0.3) is 10.0 Å². The number of thiazole rings is 1. The summed E-state index contributed by atoms with van der Waals surface area (Å²) in [7, 11) is -3.68. The summed E-state index contributed by atoms with van der Waals surface area (Å²) < 4.78 is 27.0. The van der Waals surface area contributed by atoms with Crippen molar-refractivity contribution in [3.8, 4) is 0 Å². The zero-order chi connectivity index (χ0) is 18.1. The highest BCUT2D eigenvalue weighted by Crippen LogP contribution is 2.49. The molecule has 0 saturated heterocycles. The van der Waals surface area contributed by atoms with E-state index in [1.807, 2.05) is 11.4 Å². The summed E-state index contributed by atoms with van der Waals surface area (Å²) in [6, 6.07) is 10.2. The van der Waals surface area contributed by atoms with Crippen molar-refractivity contribution >= 4 is 49.4 Å². The predicted molar refractivity (Wildman–Crippen MR) is 103 cm³/mol. The van der Waals surface area contributed by atoms with Crippen LogP contribution in [-0.2, 0) is 14.8 Å². The number of carbonyl (C=O) groups is 1. The van der Waals surface area contributed by atoms with E-state index in [0.29, 0.717) is 16.7 Å². The Morgan fingerprint density at radius 3 is 2.58 bits per heavy atom. The Hall–Kier alpha value is -2.23. The monoisotopic (exact) mass is 405 g/mol. The molecule has 1 saturated carbocycles. The minimum Gasteiger partial charge on any atom is -0.326 e. The second-order valence-corrected chi connectivity index (χ2v) is 9.48. The first kappa shape index (κ1) is 17.2. The summed E-state index contributed by atoms with van der Waals surface area (Å²) in [5.41, 5.74) is 0.583. The van der Waals surface area contributed by atoms with Crippen molar-refractivity contribution in [2.75, 3.05) is 10.0 Å². The van der Waals surface area contributed by atoms with E-state index in [9.17, 15) is 13.2 Å². The van der Waals surface area contributed by atoms with Gasteiger partial charge in [0.2, 0.25) is 5.91 Å². The maximum Gasteiger partial charge on any atom is 0.263 e. The molecule has 1 aromatic carbocycles. The minimum absolute atomic E-state index is 0.0105. The molecule has 3 aromatic rings. The molecule has 26 heavy (non-hydrogen) atoms. The Labute approximate surface area is 159 Å². The summed E-state index contributed by atoms with van der Waals surface area (Å²) in [6.45, 7) is 0. The van der Waals surface area contributed by atoms with Crippen LogP contribution < -0.4 is 10.0 Å². The van der Waals surface area contributed by atoms with Crippen molar-refractivity contribution in [2.45, 2.75) is 17.2 Å². The number of amides is 1. The van der Waals surface area contributed by atoms with Gasteiger partial charge in [0.1, 0.15) is 0 Å². The summed E-state index contributed by atoms with van der Waals surface area (Å²) in [4.78, 5) is 17.6. The number of nitrogens with zero attached hydrogens (tertiary/aromatic N) is 1. The van der Waals surface area contributed by atoms with Gasteiger partial charge < -0.3 is 5.32 Å². The number of sulfonamides is 1. The van der Waals surface area contributed by atoms with Gasteiger partial charge in [-0.15, -0.1) is 22.7 Å². The van der Waals surface area contributed by atoms with Crippen molar-refractivity contribution in [3.63, 3.8) is 0 Å². The lowest BCUT2D eigenvalue weighted by Crippen LogP contribution is -2.15. The summed E-state index contributed by atoms with van der Waals surface area (Å²) in [5.74, 6) is 0.265. The molecule has 134 valence electrons. The van der Waals surface area contributed by atoms with E-state index in [2.05, 4.69) is 21.1 Å². The average Bonchev–Trinajstić information content (AvgIpc) is 2.99. The number of nitrogens with one attached hydrogen (secondary N) is 2. The Bertz CT molecular complexity index is 997. The molecule has 0 bridgehead atoms. The normalized spacial score (nSPS) is 19.1. The largest absolute Gasteiger partial charge is 0.326 e. The first-order valence-corrected chi connectivity index (χ1v) is 11.1. The Balaban J connectivity index is 1.39. The lowest BCUT2D eigenvalue weighted by molar-refractivity contribution is -0.117. The molecule has 2 heterocycles. The van der Waals surface area contributed by atoms with E-state index >= 15 is 0 Å². The fraction of sp³-hybridized carbons (Fsp3) is 0.176. The molecule has 1 fully saturated rings. The van der Waals surface area contributed by atoms with Crippen molar-refractivity contribution in [1.29, 1.82) is 0 Å². The molecule has 1 aliphatic rings. The van der Waals surface area contributed by atoms with Crippen LogP contribution in [0.5, 0.6) is 0 Å². The van der Waals surface area contributed by atoms with E-state index in [1.165, 1.54) is 34.5 Å². The van der Waals surface area contributed by atoms with Crippen molar-refractivity contribution in [3.05, 3.63) is 58.2 Å². The van der Waals surface area contributed by atoms with Gasteiger partial charge in [0.15, 0.2) is 5.13 Å². The third kappa shape index (κ3) is 3.64. The standard InChI is InChI=1S/C17H15N3O3S3/c21-16(14-10-13(14)15-2-1-8-24-15)19-11-3-5-12(6-4-11)26(22,23)20-17-18-7-9-25-17/h1-9,13-14H,10H2,(H,18,20)(H,19,21). The van der Waals surface area contributed by atoms with E-state index in [-0.39, 0.29) is 16.7 Å². The van der Waals surface area contributed by atoms with Crippen LogP contribution in [0.1, 0.15) is 17.2 Å². The molecule has 0 aliphatic heterocycles. The maximum atomic E-state index is 12.3. The third-order valence-corrected chi connectivity index (χ3v) is 7.30. The number of anilines is 2. The molecule has 9 heteroatoms. The first-order valence-electron chi connectivity index (χ1n) is 7.89. The number of benzene rings is 1. The fourth-order valence-electron chi connectivity index (χ4n) is 2.70. The topological polar surface area (TPSA) is 88.2 Å². The molecular weight excluding hydrogens is 390 g/mol. The van der Waals surface area contributed by atoms with Gasteiger partial charge in [-0.05, 0) is 42.1 Å². The lowest BCUT2D eigenvalue weighted by Gasteiger charge is -2.08. The van der Waals surface area contributed by atoms with Crippen LogP contribution in [-0.4, -0.2) is 19.3 Å². The zero-order valence-corrected chi connectivity index (χ0v) is 15.9. The maximum absolute atomic E-state index is 12.3. The van der Waals surface area contributed by atoms with E-state index in [4.69, 9.17) is 0 Å². The summed E-state index contributed by atoms with van der Waals surface area (Å²) in [6.07, 6.45) is 2.39. The molecule has 2 aromatic heterocycles. The lowest BCUT2D eigenvalue weighted by atomic mass is 10.2. The smallest absolute Gasteiger partial charge is 0.263 e. The third-order valence-electron chi connectivity index (χ3n) is 4.12. The average molecular weight is 406 g/mol. The Morgan fingerprint density at radius 1 is 1.12 bits per heavy atom. The number of hydrogen-bond acceptors (Lipinski definition) is 6. The van der Waals surface area contributed by atoms with Crippen LogP contribution in [0.4, 0.5) is 10.8 Å². The molecule has 0 spiro atoms. The van der Waals surface area contributed by atoms with Crippen molar-refractivity contribution in [2.24, 2.45) is 5.92 Å². The Morgan fingerprint density at radius 2 is 1.92 bits per heavy atom. The van der Waals surface area contributed by atoms with E-state index in [0.717, 1.165) is 6.42 Å². The fourth-order valence-corrected chi connectivity index (χ4v) is 5.40. The highest BCUT2D eigenvalue weighted by molar-refractivity contribution is 7.93. The predicted octanol–water partition coefficient (Wildman–Crippen LogP) is 3.75. The summed E-state index contributed by atoms with van der Waals surface area (Å²) in [5, 5.41) is 6.88. The molecular formula is C17H15N3O3S3. The number of carbonyl (C=O) groups excluding carboxylic acids is 1. The molecule has 2 unspecified atom stereocenters. The van der Waals surface area contributed by atoms with Gasteiger partial charge >= 0.3 is 0 Å². The number of thiophene rings is 1. The molecule has 0 radical (unpaired) electrons. The summed E-state index contributed by atoms with van der Waals surface area (Å²) >= 11 is 2.88. The van der Waals surface area contributed by atoms with Crippen LogP contribution in [0.15, 0.2) is 58.3 Å². The molecule has 1 amide bonds. The zero-order valence-electron chi connectivity index (χ0n) is 13.5. The highest BCUT2D eigenvalue weighted by Gasteiger charge is 2.44. The van der Waals surface area contributed by atoms with Gasteiger partial charge in [-0.3, -0.25) is 9.52 Å². The van der Waals surface area contributed by atoms with Crippen LogP contribution in [0, 0.1) is 5.92 Å². The van der Waals surface area contributed by atoms with Crippen LogP contribution in [0.2, 0.25) is 0 Å². The van der Waals surface area contributed by atoms with Gasteiger partial charge in [0.05, 0.1) is 4.90 Å². The Kier molecular flexibility index (Phi) is 4.51. The van der Waals surface area contributed by atoms with Gasteiger partial charge in [-0.2, -0.15) is 0 Å². The molecule has 2 N–H and O–H groups in total. The molecule has 2 atom stereocenters. The molecule has 4 rings (SSSR count). The first-order chi connectivity index (χ1) is 12.5. The molecule has 1 aliphatic carbocycles. The second kappa shape index (κ2) is 6.82. The molecule has 6 nitrogen and oxygen atoms in total. The van der Waals surface area contributed by atoms with E-state index in [1.54, 1.807) is 28.8 Å². The number of hydrogen-bond donors (Lipinski definition) is 2. The highest BCUT2D eigenvalue weighted by atomic mass is 32.2. The van der Waals surface area contributed by atoms with Crippen LogP contribution >= 0.6 is 22.7 Å². The van der Waals surface area contributed by atoms with Crippen LogP contribution in [0.3, 0.4) is 0 Å². The quantitative estimate of drug-likeness (QED) is 0.654. The minimum atomic E-state index is -3.68. The van der Waals surface area contributed by atoms with Gasteiger partial charge in [0, 0.05) is 34.0 Å². The van der Waals surface area contributed by atoms with Gasteiger partial charge in [-0.1, -0.05) is 6.07 Å². The van der Waals surface area contributed by atoms with E-state index < -0.39 is 10.0 Å².